The van der Waals surface area contributed by atoms with Crippen LogP contribution in [0.15, 0.2) is 30.3 Å². The Bertz CT molecular complexity index is 951. The van der Waals surface area contributed by atoms with E-state index in [-0.39, 0.29) is 31.0 Å². The highest BCUT2D eigenvalue weighted by Crippen LogP contribution is 2.58. The monoisotopic (exact) mass is 469 g/mol. The van der Waals surface area contributed by atoms with Crippen LogP contribution in [0.4, 0.5) is 30.7 Å². The summed E-state index contributed by atoms with van der Waals surface area (Å²) in [5, 5.41) is 6.22. The van der Waals surface area contributed by atoms with Crippen LogP contribution in [0.5, 0.6) is 5.88 Å². The van der Waals surface area contributed by atoms with E-state index < -0.39 is 42.3 Å². The van der Waals surface area contributed by atoms with Gasteiger partial charge in [0, 0.05) is 6.07 Å². The maximum absolute atomic E-state index is 13.4. The molecule has 1 aromatic carbocycles. The second-order valence-corrected chi connectivity index (χ2v) is 7.33. The molecule has 1 aliphatic rings. The SMILES string of the molecule is CNC(OC(=O)C(F)(F)F)c1cc(OCc2ccc(F)cc2)n(CC2(C(F)(F)F)CC2)n1. The number of carbonyl (C=O) groups is 1. The topological polar surface area (TPSA) is 65.4 Å². The number of alkyl halides is 6. The third kappa shape index (κ3) is 5.31. The Kier molecular flexibility index (Phi) is 6.40. The molecule has 0 amide bonds. The Balaban J connectivity index is 1.86. The molecule has 2 aromatic rings. The zero-order chi connectivity index (χ0) is 23.7. The predicted octanol–water partition coefficient (Wildman–Crippen LogP) is 4.27. The quantitative estimate of drug-likeness (QED) is 0.356. The van der Waals surface area contributed by atoms with Crippen molar-refractivity contribution in [2.24, 2.45) is 5.41 Å². The number of benzene rings is 1. The first kappa shape index (κ1) is 23.8. The summed E-state index contributed by atoms with van der Waals surface area (Å²) in [5.74, 6) is -3.16. The van der Waals surface area contributed by atoms with E-state index in [9.17, 15) is 35.5 Å². The molecular formula is C19H18F7N3O3. The standard InChI is InChI=1S/C19H18F7N3O3/c1-27-15(32-16(30)18(21,22)23)13-8-14(31-9-11-2-4-12(20)5-3-11)29(28-13)10-17(6-7-17)19(24,25)26/h2-5,8,15,27H,6-7,9-10H2,1H3. The van der Waals surface area contributed by atoms with Crippen LogP contribution in [0.3, 0.4) is 0 Å². The van der Waals surface area contributed by atoms with Gasteiger partial charge in [0.2, 0.25) is 5.88 Å². The minimum absolute atomic E-state index is 0.137. The fraction of sp³-hybridized carbons (Fsp3) is 0.474. The molecule has 0 aliphatic heterocycles. The molecule has 176 valence electrons. The van der Waals surface area contributed by atoms with E-state index in [1.165, 1.54) is 19.2 Å². The average molecular weight is 469 g/mol. The zero-order valence-corrected chi connectivity index (χ0v) is 16.6. The molecular weight excluding hydrogens is 451 g/mol. The Morgan fingerprint density at radius 1 is 1.19 bits per heavy atom. The Labute approximate surface area is 177 Å². The lowest BCUT2D eigenvalue weighted by molar-refractivity contribution is -0.206. The van der Waals surface area contributed by atoms with Crippen molar-refractivity contribution >= 4 is 5.97 Å². The van der Waals surface area contributed by atoms with E-state index in [0.717, 1.165) is 22.9 Å². The number of hydrogen-bond acceptors (Lipinski definition) is 5. The van der Waals surface area contributed by atoms with E-state index in [2.05, 4.69) is 15.2 Å². The number of halogens is 7. The van der Waals surface area contributed by atoms with Crippen molar-refractivity contribution in [3.63, 3.8) is 0 Å². The normalized spacial score (nSPS) is 16.5. The van der Waals surface area contributed by atoms with Crippen LogP contribution in [0.2, 0.25) is 0 Å². The Hall–Kier alpha value is -2.83. The summed E-state index contributed by atoms with van der Waals surface area (Å²) in [7, 11) is 1.19. The lowest BCUT2D eigenvalue weighted by Gasteiger charge is -2.20. The Morgan fingerprint density at radius 2 is 1.81 bits per heavy atom. The first-order chi connectivity index (χ1) is 14.8. The van der Waals surface area contributed by atoms with Gasteiger partial charge in [-0.2, -0.15) is 31.4 Å². The van der Waals surface area contributed by atoms with Crippen molar-refractivity contribution in [1.82, 2.24) is 15.1 Å². The van der Waals surface area contributed by atoms with Crippen LogP contribution in [0.25, 0.3) is 0 Å². The smallest absolute Gasteiger partial charge is 0.473 e. The van der Waals surface area contributed by atoms with Gasteiger partial charge in [-0.25, -0.2) is 13.9 Å². The van der Waals surface area contributed by atoms with E-state index in [0.29, 0.717) is 5.56 Å². The molecule has 1 unspecified atom stereocenters. The van der Waals surface area contributed by atoms with Gasteiger partial charge in [-0.15, -0.1) is 0 Å². The van der Waals surface area contributed by atoms with Crippen LogP contribution < -0.4 is 10.1 Å². The molecule has 1 heterocycles. The number of ether oxygens (including phenoxy) is 2. The number of nitrogens with one attached hydrogen (secondary N) is 1. The van der Waals surface area contributed by atoms with E-state index >= 15 is 0 Å². The maximum Gasteiger partial charge on any atom is 0.490 e. The number of aromatic nitrogens is 2. The first-order valence-electron chi connectivity index (χ1n) is 9.31. The molecule has 13 heteroatoms. The molecule has 0 bridgehead atoms. The number of carbonyl (C=O) groups excluding carboxylic acids is 1. The number of esters is 1. The molecule has 0 saturated heterocycles. The minimum Gasteiger partial charge on any atom is -0.473 e. The third-order valence-electron chi connectivity index (χ3n) is 4.96. The minimum atomic E-state index is -5.27. The molecule has 3 rings (SSSR count). The molecule has 1 N–H and O–H groups in total. The molecule has 0 radical (unpaired) electrons. The van der Waals surface area contributed by atoms with E-state index in [4.69, 9.17) is 4.74 Å². The van der Waals surface area contributed by atoms with Crippen LogP contribution in [-0.4, -0.2) is 35.2 Å². The molecule has 0 spiro atoms. The number of hydrogen-bond donors (Lipinski definition) is 1. The lowest BCUT2D eigenvalue weighted by atomic mass is 10.1. The van der Waals surface area contributed by atoms with Gasteiger partial charge in [-0.05, 0) is 37.6 Å². The van der Waals surface area contributed by atoms with Crippen LogP contribution in [-0.2, 0) is 22.7 Å². The Morgan fingerprint density at radius 3 is 2.31 bits per heavy atom. The summed E-state index contributed by atoms with van der Waals surface area (Å²) >= 11 is 0. The molecule has 6 nitrogen and oxygen atoms in total. The molecule has 32 heavy (non-hydrogen) atoms. The molecule has 1 saturated carbocycles. The van der Waals surface area contributed by atoms with E-state index in [1.807, 2.05) is 0 Å². The fourth-order valence-corrected chi connectivity index (χ4v) is 2.92. The summed E-state index contributed by atoms with van der Waals surface area (Å²) < 4.78 is 102. The average Bonchev–Trinajstić information content (AvgIpc) is 3.39. The van der Waals surface area contributed by atoms with Gasteiger partial charge < -0.3 is 9.47 Å². The van der Waals surface area contributed by atoms with Crippen molar-refractivity contribution in [2.75, 3.05) is 7.05 Å². The van der Waals surface area contributed by atoms with Crippen molar-refractivity contribution in [2.45, 2.75) is 44.6 Å². The summed E-state index contributed by atoms with van der Waals surface area (Å²) in [6.45, 7) is -0.796. The third-order valence-corrected chi connectivity index (χ3v) is 4.96. The van der Waals surface area contributed by atoms with Gasteiger partial charge in [-0.1, -0.05) is 12.1 Å². The molecule has 1 fully saturated rings. The zero-order valence-electron chi connectivity index (χ0n) is 16.6. The van der Waals surface area contributed by atoms with Crippen molar-refractivity contribution in [3.05, 3.63) is 47.4 Å². The van der Waals surface area contributed by atoms with Crippen molar-refractivity contribution in [3.8, 4) is 5.88 Å². The summed E-state index contributed by atoms with van der Waals surface area (Å²) in [6, 6.07) is 6.21. The fourth-order valence-electron chi connectivity index (χ4n) is 2.92. The molecule has 1 aromatic heterocycles. The summed E-state index contributed by atoms with van der Waals surface area (Å²) in [4.78, 5) is 11.2. The predicted molar refractivity (Wildman–Crippen MR) is 94.6 cm³/mol. The van der Waals surface area contributed by atoms with Gasteiger partial charge in [0.1, 0.15) is 18.1 Å². The maximum atomic E-state index is 13.4. The van der Waals surface area contributed by atoms with Gasteiger partial charge in [0.15, 0.2) is 6.23 Å². The second kappa shape index (κ2) is 8.60. The first-order valence-corrected chi connectivity index (χ1v) is 9.31. The van der Waals surface area contributed by atoms with Crippen LogP contribution in [0, 0.1) is 11.2 Å². The van der Waals surface area contributed by atoms with Gasteiger partial charge >= 0.3 is 18.3 Å². The highest BCUT2D eigenvalue weighted by molar-refractivity contribution is 5.75. The molecule has 1 aliphatic carbocycles. The van der Waals surface area contributed by atoms with E-state index in [1.54, 1.807) is 0 Å². The largest absolute Gasteiger partial charge is 0.490 e. The lowest BCUT2D eigenvalue weighted by Crippen LogP contribution is -2.32. The molecule has 1 atom stereocenters. The van der Waals surface area contributed by atoms with Gasteiger partial charge in [-0.3, -0.25) is 5.32 Å². The van der Waals surface area contributed by atoms with Crippen LogP contribution >= 0.6 is 0 Å². The highest BCUT2D eigenvalue weighted by atomic mass is 19.4. The summed E-state index contributed by atoms with van der Waals surface area (Å²) in [5.41, 5.74) is -1.81. The second-order valence-electron chi connectivity index (χ2n) is 7.33. The highest BCUT2D eigenvalue weighted by Gasteiger charge is 2.63. The van der Waals surface area contributed by atoms with Gasteiger partial charge in [0.25, 0.3) is 0 Å². The van der Waals surface area contributed by atoms with Crippen LogP contribution in [0.1, 0.15) is 30.3 Å². The van der Waals surface area contributed by atoms with Crippen molar-refractivity contribution in [1.29, 1.82) is 0 Å². The van der Waals surface area contributed by atoms with Crippen molar-refractivity contribution < 1.29 is 45.0 Å². The summed E-state index contributed by atoms with van der Waals surface area (Å²) in [6.07, 6.45) is -11.7. The number of rotatable bonds is 8. The van der Waals surface area contributed by atoms with Gasteiger partial charge in [0.05, 0.1) is 12.0 Å². The number of nitrogens with zero attached hydrogens (tertiary/aromatic N) is 2.